The third-order valence-electron chi connectivity index (χ3n) is 2.97. The van der Waals surface area contributed by atoms with Crippen LogP contribution in [-0.4, -0.2) is 22.4 Å². The van der Waals surface area contributed by atoms with Gasteiger partial charge in [-0.25, -0.2) is 0 Å². The molecule has 0 aliphatic heterocycles. The van der Waals surface area contributed by atoms with Crippen LogP contribution in [0.25, 0.3) is 0 Å². The molecule has 0 saturated carbocycles. The second kappa shape index (κ2) is 3.55. The highest BCUT2D eigenvalue weighted by Crippen LogP contribution is 2.32. The first-order chi connectivity index (χ1) is 4.80. The minimum absolute atomic E-state index is 0.113. The van der Waals surface area contributed by atoms with E-state index in [1.807, 2.05) is 20.8 Å². The highest BCUT2D eigenvalue weighted by Gasteiger charge is 2.33. The van der Waals surface area contributed by atoms with Crippen molar-refractivity contribution in [3.8, 4) is 0 Å². The fourth-order valence-electron chi connectivity index (χ4n) is 1.00. The molecule has 0 heterocycles. The van der Waals surface area contributed by atoms with E-state index in [2.05, 4.69) is 0 Å². The molecule has 0 radical (unpaired) electrons. The second-order valence-corrected chi connectivity index (χ2v) is 4.03. The number of hydrogen-bond donors (Lipinski definition) is 2. The van der Waals surface area contributed by atoms with Crippen LogP contribution in [0.3, 0.4) is 0 Å². The van der Waals surface area contributed by atoms with Gasteiger partial charge in [-0.3, -0.25) is 0 Å². The lowest BCUT2D eigenvalue weighted by molar-refractivity contribution is -0.0242. The molecular formula is C9H20O2. The molecular weight excluding hydrogens is 140 g/mol. The first kappa shape index (κ1) is 10.9. The number of aliphatic hydroxyl groups is 2. The van der Waals surface area contributed by atoms with Crippen LogP contribution in [0.15, 0.2) is 0 Å². The molecule has 3 unspecified atom stereocenters. The van der Waals surface area contributed by atoms with Crippen LogP contribution in [0.5, 0.6) is 0 Å². The average Bonchev–Trinajstić information content (AvgIpc) is 1.85. The maximum Gasteiger partial charge on any atom is 0.0566 e. The zero-order chi connectivity index (χ0) is 9.23. The number of aliphatic hydroxyl groups excluding tert-OH is 2. The Labute approximate surface area is 69.2 Å². The Bertz CT molecular complexity index is 117. The van der Waals surface area contributed by atoms with E-state index in [1.54, 1.807) is 13.8 Å². The monoisotopic (exact) mass is 160 g/mol. The molecule has 0 bridgehead atoms. The van der Waals surface area contributed by atoms with Gasteiger partial charge in [-0.05, 0) is 25.2 Å². The van der Waals surface area contributed by atoms with Crippen molar-refractivity contribution in [3.05, 3.63) is 0 Å². The van der Waals surface area contributed by atoms with Crippen LogP contribution >= 0.6 is 0 Å². The Kier molecular flexibility index (Phi) is 3.52. The fraction of sp³-hybridized carbons (Fsp3) is 1.00. The molecule has 0 aliphatic rings. The quantitative estimate of drug-likeness (QED) is 0.655. The van der Waals surface area contributed by atoms with Crippen LogP contribution in [0, 0.1) is 11.3 Å². The summed E-state index contributed by atoms with van der Waals surface area (Å²) >= 11 is 0. The molecule has 0 saturated heterocycles. The molecule has 68 valence electrons. The first-order valence-electron chi connectivity index (χ1n) is 4.16. The van der Waals surface area contributed by atoms with Crippen LogP contribution < -0.4 is 0 Å². The van der Waals surface area contributed by atoms with E-state index in [9.17, 15) is 10.2 Å². The molecule has 3 atom stereocenters. The van der Waals surface area contributed by atoms with Crippen molar-refractivity contribution in [1.29, 1.82) is 0 Å². The third-order valence-corrected chi connectivity index (χ3v) is 2.97. The normalized spacial score (nSPS) is 21.0. The summed E-state index contributed by atoms with van der Waals surface area (Å²) in [4.78, 5) is 0. The van der Waals surface area contributed by atoms with Gasteiger partial charge in [0.05, 0.1) is 12.2 Å². The zero-order valence-electron chi connectivity index (χ0n) is 8.13. The van der Waals surface area contributed by atoms with Gasteiger partial charge < -0.3 is 10.2 Å². The van der Waals surface area contributed by atoms with Crippen molar-refractivity contribution in [3.63, 3.8) is 0 Å². The van der Waals surface area contributed by atoms with Gasteiger partial charge in [0, 0.05) is 0 Å². The summed E-state index contributed by atoms with van der Waals surface area (Å²) in [5.74, 6) is 0.113. The summed E-state index contributed by atoms with van der Waals surface area (Å²) < 4.78 is 0. The van der Waals surface area contributed by atoms with Crippen LogP contribution in [-0.2, 0) is 0 Å². The van der Waals surface area contributed by atoms with Crippen molar-refractivity contribution < 1.29 is 10.2 Å². The van der Waals surface area contributed by atoms with Gasteiger partial charge in [-0.1, -0.05) is 20.8 Å². The first-order valence-corrected chi connectivity index (χ1v) is 4.16. The molecule has 0 aromatic rings. The predicted molar refractivity (Wildman–Crippen MR) is 46.3 cm³/mol. The number of rotatable bonds is 3. The summed E-state index contributed by atoms with van der Waals surface area (Å²) in [6.45, 7) is 9.41. The summed E-state index contributed by atoms with van der Waals surface area (Å²) in [6, 6.07) is 0. The molecule has 0 aromatic carbocycles. The summed E-state index contributed by atoms with van der Waals surface area (Å²) in [7, 11) is 0. The molecule has 0 spiro atoms. The Morgan fingerprint density at radius 1 is 1.00 bits per heavy atom. The van der Waals surface area contributed by atoms with Gasteiger partial charge in [0.15, 0.2) is 0 Å². The van der Waals surface area contributed by atoms with Crippen molar-refractivity contribution in [2.24, 2.45) is 11.3 Å². The van der Waals surface area contributed by atoms with Gasteiger partial charge in [0.25, 0.3) is 0 Å². The largest absolute Gasteiger partial charge is 0.393 e. The average molecular weight is 160 g/mol. The van der Waals surface area contributed by atoms with E-state index in [0.29, 0.717) is 0 Å². The Morgan fingerprint density at radius 3 is 1.45 bits per heavy atom. The van der Waals surface area contributed by atoms with Crippen LogP contribution in [0.4, 0.5) is 0 Å². The molecule has 2 nitrogen and oxygen atoms in total. The molecule has 11 heavy (non-hydrogen) atoms. The predicted octanol–water partition coefficient (Wildman–Crippen LogP) is 1.41. The summed E-state index contributed by atoms with van der Waals surface area (Å²) in [6.07, 6.45) is -0.744. The molecule has 0 fully saturated rings. The van der Waals surface area contributed by atoms with Gasteiger partial charge in [0.2, 0.25) is 0 Å². The van der Waals surface area contributed by atoms with E-state index in [1.165, 1.54) is 0 Å². The fourth-order valence-corrected chi connectivity index (χ4v) is 1.00. The van der Waals surface area contributed by atoms with Gasteiger partial charge in [-0.15, -0.1) is 0 Å². The van der Waals surface area contributed by atoms with E-state index in [-0.39, 0.29) is 23.5 Å². The van der Waals surface area contributed by atoms with Crippen LogP contribution in [0.2, 0.25) is 0 Å². The Morgan fingerprint density at radius 2 is 1.36 bits per heavy atom. The SMILES string of the molecule is CC(O)C(C)C(C)(C)C(C)O. The third kappa shape index (κ3) is 2.46. The topological polar surface area (TPSA) is 40.5 Å². The van der Waals surface area contributed by atoms with Gasteiger partial charge in [0.1, 0.15) is 0 Å². The van der Waals surface area contributed by atoms with E-state index in [4.69, 9.17) is 0 Å². The summed E-state index contributed by atoms with van der Waals surface area (Å²) in [5, 5.41) is 18.7. The van der Waals surface area contributed by atoms with Crippen molar-refractivity contribution in [2.75, 3.05) is 0 Å². The summed E-state index contributed by atoms with van der Waals surface area (Å²) in [5.41, 5.74) is -0.214. The smallest absolute Gasteiger partial charge is 0.0566 e. The van der Waals surface area contributed by atoms with E-state index >= 15 is 0 Å². The molecule has 0 aliphatic carbocycles. The molecule has 0 rings (SSSR count). The Hall–Kier alpha value is -0.0800. The lowest BCUT2D eigenvalue weighted by Gasteiger charge is -2.36. The zero-order valence-corrected chi connectivity index (χ0v) is 8.13. The second-order valence-electron chi connectivity index (χ2n) is 4.03. The standard InChI is InChI=1S/C9H20O2/c1-6(7(2)10)9(4,5)8(3)11/h6-8,10-11H,1-5H3. The lowest BCUT2D eigenvalue weighted by Crippen LogP contribution is -2.38. The van der Waals surface area contributed by atoms with Crippen LogP contribution in [0.1, 0.15) is 34.6 Å². The van der Waals surface area contributed by atoms with Gasteiger partial charge in [-0.2, -0.15) is 0 Å². The van der Waals surface area contributed by atoms with Gasteiger partial charge >= 0.3 is 0 Å². The maximum atomic E-state index is 9.39. The highest BCUT2D eigenvalue weighted by molar-refractivity contribution is 4.82. The number of hydrogen-bond acceptors (Lipinski definition) is 2. The van der Waals surface area contributed by atoms with Crippen molar-refractivity contribution >= 4 is 0 Å². The minimum atomic E-state index is -0.382. The lowest BCUT2D eigenvalue weighted by atomic mass is 9.73. The van der Waals surface area contributed by atoms with Crippen molar-refractivity contribution in [1.82, 2.24) is 0 Å². The molecule has 0 amide bonds. The Balaban J connectivity index is 4.29. The maximum absolute atomic E-state index is 9.39. The minimum Gasteiger partial charge on any atom is -0.393 e. The molecule has 2 heteroatoms. The molecule has 0 aromatic heterocycles. The highest BCUT2D eigenvalue weighted by atomic mass is 16.3. The van der Waals surface area contributed by atoms with Crippen molar-refractivity contribution in [2.45, 2.75) is 46.8 Å². The van der Waals surface area contributed by atoms with E-state index in [0.717, 1.165) is 0 Å². The molecule has 2 N–H and O–H groups in total. The van der Waals surface area contributed by atoms with E-state index < -0.39 is 0 Å².